The van der Waals surface area contributed by atoms with Crippen LogP contribution in [0.4, 0.5) is 0 Å². The first-order valence-electron chi connectivity index (χ1n) is 7.29. The molecule has 0 spiro atoms. The molecule has 1 aromatic rings. The van der Waals surface area contributed by atoms with Crippen LogP contribution in [0.25, 0.3) is 0 Å². The Hall–Kier alpha value is -1.88. The first kappa shape index (κ1) is 15.5. The molecule has 5 nitrogen and oxygen atoms in total. The number of rotatable bonds is 6. The average Bonchev–Trinajstić information content (AvgIpc) is 2.89. The zero-order chi connectivity index (χ0) is 15.2. The third-order valence-corrected chi connectivity index (χ3v) is 3.70. The third kappa shape index (κ3) is 4.56. The molecule has 21 heavy (non-hydrogen) atoms. The lowest BCUT2D eigenvalue weighted by Crippen LogP contribution is -2.34. The van der Waals surface area contributed by atoms with Gasteiger partial charge in [-0.15, -0.1) is 0 Å². The van der Waals surface area contributed by atoms with Crippen molar-refractivity contribution in [3.05, 3.63) is 35.9 Å². The van der Waals surface area contributed by atoms with Gasteiger partial charge in [-0.1, -0.05) is 30.3 Å². The molecule has 5 heteroatoms. The Morgan fingerprint density at radius 1 is 1.33 bits per heavy atom. The van der Waals surface area contributed by atoms with E-state index in [9.17, 15) is 14.7 Å². The number of carbonyl (C=O) groups is 2. The molecule has 1 aliphatic heterocycles. The van der Waals surface area contributed by atoms with Crippen molar-refractivity contribution in [3.8, 4) is 0 Å². The standard InChI is InChI=1S/C16H21NO4/c1-11-7-8-13(21-11)9-10-14(18)17-15(16(19)20)12-5-3-2-4-6-12/h2-6,11,13,15H,7-10H2,1H3,(H,17,18)(H,19,20). The summed E-state index contributed by atoms with van der Waals surface area (Å²) in [5.74, 6) is -1.31. The Balaban J connectivity index is 1.86. The Labute approximate surface area is 124 Å². The number of hydrogen-bond acceptors (Lipinski definition) is 3. The first-order valence-corrected chi connectivity index (χ1v) is 7.29. The van der Waals surface area contributed by atoms with Gasteiger partial charge in [0.1, 0.15) is 0 Å². The van der Waals surface area contributed by atoms with E-state index in [1.807, 2.05) is 13.0 Å². The second kappa shape index (κ2) is 7.22. The average molecular weight is 291 g/mol. The fraction of sp³-hybridized carbons (Fsp3) is 0.500. The van der Waals surface area contributed by atoms with E-state index in [0.717, 1.165) is 12.8 Å². The van der Waals surface area contributed by atoms with E-state index < -0.39 is 12.0 Å². The Morgan fingerprint density at radius 2 is 2.05 bits per heavy atom. The van der Waals surface area contributed by atoms with Gasteiger partial charge in [-0.2, -0.15) is 0 Å². The van der Waals surface area contributed by atoms with E-state index in [2.05, 4.69) is 5.32 Å². The van der Waals surface area contributed by atoms with Crippen LogP contribution < -0.4 is 5.32 Å². The van der Waals surface area contributed by atoms with Gasteiger partial charge in [0, 0.05) is 6.42 Å². The zero-order valence-corrected chi connectivity index (χ0v) is 12.1. The number of amides is 1. The first-order chi connectivity index (χ1) is 10.1. The largest absolute Gasteiger partial charge is 0.479 e. The van der Waals surface area contributed by atoms with Crippen LogP contribution in [0.1, 0.15) is 44.2 Å². The van der Waals surface area contributed by atoms with Gasteiger partial charge in [-0.25, -0.2) is 4.79 Å². The molecule has 0 saturated carbocycles. The number of hydrogen-bond donors (Lipinski definition) is 2. The predicted octanol–water partition coefficient (Wildman–Crippen LogP) is 2.28. The minimum absolute atomic E-state index is 0.116. The fourth-order valence-electron chi connectivity index (χ4n) is 2.56. The van der Waals surface area contributed by atoms with Gasteiger partial charge >= 0.3 is 5.97 Å². The molecule has 1 fully saturated rings. The van der Waals surface area contributed by atoms with Crippen LogP contribution in [0.3, 0.4) is 0 Å². The fourth-order valence-corrected chi connectivity index (χ4v) is 2.56. The van der Waals surface area contributed by atoms with Gasteiger partial charge in [0.25, 0.3) is 0 Å². The van der Waals surface area contributed by atoms with Crippen LogP contribution in [-0.4, -0.2) is 29.2 Å². The summed E-state index contributed by atoms with van der Waals surface area (Å²) in [4.78, 5) is 23.2. The van der Waals surface area contributed by atoms with Crippen LogP contribution in [0.15, 0.2) is 30.3 Å². The predicted molar refractivity (Wildman–Crippen MR) is 77.8 cm³/mol. The number of carboxylic acids is 1. The van der Waals surface area contributed by atoms with E-state index in [4.69, 9.17) is 4.74 Å². The second-order valence-electron chi connectivity index (χ2n) is 5.43. The summed E-state index contributed by atoms with van der Waals surface area (Å²) in [5.41, 5.74) is 0.573. The van der Waals surface area contributed by atoms with Crippen molar-refractivity contribution in [3.63, 3.8) is 0 Å². The minimum Gasteiger partial charge on any atom is -0.479 e. The molecule has 0 aliphatic carbocycles. The molecule has 1 amide bonds. The number of nitrogens with one attached hydrogen (secondary N) is 1. The summed E-state index contributed by atoms with van der Waals surface area (Å²) < 4.78 is 5.65. The number of carbonyl (C=O) groups excluding carboxylic acids is 1. The number of aliphatic carboxylic acids is 1. The topological polar surface area (TPSA) is 75.6 Å². The Bertz CT molecular complexity index is 488. The summed E-state index contributed by atoms with van der Waals surface area (Å²) in [7, 11) is 0. The van der Waals surface area contributed by atoms with Crippen molar-refractivity contribution in [1.29, 1.82) is 0 Å². The highest BCUT2D eigenvalue weighted by Gasteiger charge is 2.25. The SMILES string of the molecule is CC1CCC(CCC(=O)NC(C(=O)O)c2ccccc2)O1. The number of carboxylic acid groups (broad SMARTS) is 1. The highest BCUT2D eigenvalue weighted by atomic mass is 16.5. The monoisotopic (exact) mass is 291 g/mol. The molecular formula is C16H21NO4. The summed E-state index contributed by atoms with van der Waals surface area (Å²) in [5, 5.41) is 11.8. The molecule has 2 rings (SSSR count). The van der Waals surface area contributed by atoms with Gasteiger partial charge in [0.05, 0.1) is 12.2 Å². The zero-order valence-electron chi connectivity index (χ0n) is 12.1. The molecule has 3 atom stereocenters. The van der Waals surface area contributed by atoms with E-state index >= 15 is 0 Å². The van der Waals surface area contributed by atoms with Crippen molar-refractivity contribution in [1.82, 2.24) is 5.32 Å². The summed E-state index contributed by atoms with van der Waals surface area (Å²) in [6, 6.07) is 7.71. The molecule has 0 radical (unpaired) electrons. The normalized spacial score (nSPS) is 22.7. The Kier molecular flexibility index (Phi) is 5.33. The van der Waals surface area contributed by atoms with Gasteiger partial charge < -0.3 is 15.2 Å². The second-order valence-corrected chi connectivity index (χ2v) is 5.43. The van der Waals surface area contributed by atoms with Crippen molar-refractivity contribution in [2.24, 2.45) is 0 Å². The molecule has 1 aliphatic rings. The van der Waals surface area contributed by atoms with Crippen LogP contribution >= 0.6 is 0 Å². The number of ether oxygens (including phenoxy) is 1. The highest BCUT2D eigenvalue weighted by Crippen LogP contribution is 2.22. The molecule has 0 aromatic heterocycles. The van der Waals surface area contributed by atoms with Crippen molar-refractivity contribution >= 4 is 11.9 Å². The molecular weight excluding hydrogens is 270 g/mol. The molecule has 1 heterocycles. The van der Waals surface area contributed by atoms with Gasteiger partial charge in [-0.05, 0) is 31.7 Å². The molecule has 1 saturated heterocycles. The molecule has 2 N–H and O–H groups in total. The molecule has 114 valence electrons. The smallest absolute Gasteiger partial charge is 0.330 e. The van der Waals surface area contributed by atoms with Crippen molar-refractivity contribution in [2.45, 2.75) is 50.9 Å². The number of benzene rings is 1. The lowest BCUT2D eigenvalue weighted by Gasteiger charge is -2.16. The quantitative estimate of drug-likeness (QED) is 0.843. The Morgan fingerprint density at radius 3 is 2.62 bits per heavy atom. The van der Waals surface area contributed by atoms with Gasteiger partial charge in [0.2, 0.25) is 5.91 Å². The van der Waals surface area contributed by atoms with Crippen molar-refractivity contribution in [2.75, 3.05) is 0 Å². The summed E-state index contributed by atoms with van der Waals surface area (Å²) in [6.45, 7) is 2.02. The summed E-state index contributed by atoms with van der Waals surface area (Å²) >= 11 is 0. The van der Waals surface area contributed by atoms with Gasteiger partial charge in [0.15, 0.2) is 6.04 Å². The van der Waals surface area contributed by atoms with E-state index in [0.29, 0.717) is 12.0 Å². The van der Waals surface area contributed by atoms with Crippen LogP contribution in [0.5, 0.6) is 0 Å². The van der Waals surface area contributed by atoms with Crippen LogP contribution in [-0.2, 0) is 14.3 Å². The molecule has 0 bridgehead atoms. The molecule has 3 unspecified atom stereocenters. The summed E-state index contributed by atoms with van der Waals surface area (Å²) in [6.07, 6.45) is 3.29. The van der Waals surface area contributed by atoms with E-state index in [1.165, 1.54) is 0 Å². The highest BCUT2D eigenvalue weighted by molar-refractivity contribution is 5.84. The van der Waals surface area contributed by atoms with Gasteiger partial charge in [-0.3, -0.25) is 4.79 Å². The van der Waals surface area contributed by atoms with E-state index in [-0.39, 0.29) is 24.5 Å². The lowest BCUT2D eigenvalue weighted by atomic mass is 10.1. The van der Waals surface area contributed by atoms with Crippen molar-refractivity contribution < 1.29 is 19.4 Å². The van der Waals surface area contributed by atoms with Crippen LogP contribution in [0.2, 0.25) is 0 Å². The maximum Gasteiger partial charge on any atom is 0.330 e. The molecule has 1 aromatic carbocycles. The maximum absolute atomic E-state index is 11.9. The van der Waals surface area contributed by atoms with Crippen LogP contribution in [0, 0.1) is 0 Å². The lowest BCUT2D eigenvalue weighted by molar-refractivity contribution is -0.142. The van der Waals surface area contributed by atoms with E-state index in [1.54, 1.807) is 24.3 Å². The maximum atomic E-state index is 11.9. The third-order valence-electron chi connectivity index (χ3n) is 3.70. The minimum atomic E-state index is -1.06.